The number of aromatic carboxylic acids is 1. The van der Waals surface area contributed by atoms with Crippen LogP contribution in [0, 0.1) is 0 Å². The first kappa shape index (κ1) is 13.8. The third kappa shape index (κ3) is 3.44. The number of rotatable bonds is 5. The Hall–Kier alpha value is -1.62. The molecule has 0 spiro atoms. The average molecular weight is 323 g/mol. The molecule has 0 aliphatic carbocycles. The highest BCUT2D eigenvalue weighted by Crippen LogP contribution is 2.13. The van der Waals surface area contributed by atoms with Crippen molar-refractivity contribution in [1.82, 2.24) is 9.78 Å². The summed E-state index contributed by atoms with van der Waals surface area (Å²) in [6.45, 7) is 2.69. The van der Waals surface area contributed by atoms with Gasteiger partial charge in [-0.25, -0.2) is 4.79 Å². The summed E-state index contributed by atoms with van der Waals surface area (Å²) in [7, 11) is 0. The lowest BCUT2D eigenvalue weighted by Gasteiger charge is -2.06. The van der Waals surface area contributed by atoms with Crippen molar-refractivity contribution in [3.05, 3.63) is 51.8 Å². The molecular weight excluding hydrogens is 308 g/mol. The van der Waals surface area contributed by atoms with Gasteiger partial charge in [-0.2, -0.15) is 5.10 Å². The van der Waals surface area contributed by atoms with E-state index in [2.05, 4.69) is 33.2 Å². The largest absolute Gasteiger partial charge is 0.476 e. The highest BCUT2D eigenvalue weighted by Gasteiger charge is 2.11. The van der Waals surface area contributed by atoms with Crippen LogP contribution in [0.15, 0.2) is 34.8 Å². The summed E-state index contributed by atoms with van der Waals surface area (Å²) >= 11 is 3.44. The van der Waals surface area contributed by atoms with E-state index >= 15 is 0 Å². The van der Waals surface area contributed by atoms with E-state index in [0.717, 1.165) is 23.0 Å². The van der Waals surface area contributed by atoms with Crippen molar-refractivity contribution in [2.24, 2.45) is 0 Å². The lowest BCUT2D eigenvalue weighted by molar-refractivity contribution is 0.0689. The molecule has 4 nitrogen and oxygen atoms in total. The molecule has 1 heterocycles. The van der Waals surface area contributed by atoms with Gasteiger partial charge in [-0.1, -0.05) is 35.0 Å². The van der Waals surface area contributed by atoms with Crippen LogP contribution >= 0.6 is 15.9 Å². The number of carboxylic acid groups (broad SMARTS) is 1. The maximum Gasteiger partial charge on any atom is 0.356 e. The molecule has 5 heteroatoms. The van der Waals surface area contributed by atoms with Gasteiger partial charge < -0.3 is 5.11 Å². The molecule has 2 aromatic rings. The van der Waals surface area contributed by atoms with Gasteiger partial charge in [-0.3, -0.25) is 4.68 Å². The Labute approximate surface area is 120 Å². The standard InChI is InChI=1S/C14H15BrN2O2/c1-2-12-9-13(14(18)19)16-17(12)7-6-10-4-3-5-11(15)8-10/h3-5,8-9H,2,6-7H2,1H3,(H,18,19). The number of aryl methyl sites for hydroxylation is 3. The van der Waals surface area contributed by atoms with E-state index in [9.17, 15) is 4.79 Å². The van der Waals surface area contributed by atoms with Crippen molar-refractivity contribution < 1.29 is 9.90 Å². The molecule has 100 valence electrons. The Balaban J connectivity index is 2.12. The van der Waals surface area contributed by atoms with E-state index in [-0.39, 0.29) is 5.69 Å². The van der Waals surface area contributed by atoms with Gasteiger partial charge in [0.25, 0.3) is 0 Å². The first-order valence-electron chi connectivity index (χ1n) is 6.14. The van der Waals surface area contributed by atoms with Gasteiger partial charge in [0.15, 0.2) is 5.69 Å². The van der Waals surface area contributed by atoms with E-state index in [4.69, 9.17) is 5.11 Å². The highest BCUT2D eigenvalue weighted by molar-refractivity contribution is 9.10. The molecule has 0 amide bonds. The number of aromatic nitrogens is 2. The third-order valence-electron chi connectivity index (χ3n) is 2.95. The zero-order valence-electron chi connectivity index (χ0n) is 10.6. The van der Waals surface area contributed by atoms with Gasteiger partial charge in [0.2, 0.25) is 0 Å². The molecule has 1 N–H and O–H groups in total. The fourth-order valence-corrected chi connectivity index (χ4v) is 2.41. The number of benzene rings is 1. The molecule has 0 aliphatic heterocycles. The minimum Gasteiger partial charge on any atom is -0.476 e. The van der Waals surface area contributed by atoms with E-state index in [0.29, 0.717) is 6.54 Å². The van der Waals surface area contributed by atoms with E-state index < -0.39 is 5.97 Å². The number of nitrogens with zero attached hydrogens (tertiary/aromatic N) is 2. The quantitative estimate of drug-likeness (QED) is 0.920. The van der Waals surface area contributed by atoms with Crippen LogP contribution in [0.4, 0.5) is 0 Å². The maximum absolute atomic E-state index is 10.9. The summed E-state index contributed by atoms with van der Waals surface area (Å²) in [6.07, 6.45) is 1.60. The molecular formula is C14H15BrN2O2. The van der Waals surface area contributed by atoms with Gasteiger partial charge >= 0.3 is 5.97 Å². The number of hydrogen-bond donors (Lipinski definition) is 1. The molecule has 0 bridgehead atoms. The Morgan fingerprint density at radius 2 is 2.21 bits per heavy atom. The second kappa shape index (κ2) is 6.02. The van der Waals surface area contributed by atoms with Crippen molar-refractivity contribution in [1.29, 1.82) is 0 Å². The average Bonchev–Trinajstić information content (AvgIpc) is 2.80. The van der Waals surface area contributed by atoms with E-state index in [1.54, 1.807) is 10.7 Å². The second-order valence-electron chi connectivity index (χ2n) is 4.28. The maximum atomic E-state index is 10.9. The Morgan fingerprint density at radius 3 is 2.84 bits per heavy atom. The third-order valence-corrected chi connectivity index (χ3v) is 3.44. The topological polar surface area (TPSA) is 55.1 Å². The SMILES string of the molecule is CCc1cc(C(=O)O)nn1CCc1cccc(Br)c1. The monoisotopic (exact) mass is 322 g/mol. The molecule has 19 heavy (non-hydrogen) atoms. The van der Waals surface area contributed by atoms with Crippen LogP contribution in [0.2, 0.25) is 0 Å². The van der Waals surface area contributed by atoms with Crippen LogP contribution in [0.25, 0.3) is 0 Å². The second-order valence-corrected chi connectivity index (χ2v) is 5.20. The van der Waals surface area contributed by atoms with Crippen LogP contribution < -0.4 is 0 Å². The first-order chi connectivity index (χ1) is 9.10. The Kier molecular flexibility index (Phi) is 4.37. The summed E-state index contributed by atoms with van der Waals surface area (Å²) in [5.74, 6) is -0.976. The molecule has 2 rings (SSSR count). The van der Waals surface area contributed by atoms with Crippen molar-refractivity contribution in [3.63, 3.8) is 0 Å². The summed E-state index contributed by atoms with van der Waals surface area (Å²) in [5, 5.41) is 13.1. The Bertz CT molecular complexity index is 593. The minimum atomic E-state index is -0.976. The summed E-state index contributed by atoms with van der Waals surface area (Å²) < 4.78 is 2.83. The van der Waals surface area contributed by atoms with Gasteiger partial charge in [0.1, 0.15) is 0 Å². The smallest absolute Gasteiger partial charge is 0.356 e. The highest BCUT2D eigenvalue weighted by atomic mass is 79.9. The number of halogens is 1. The van der Waals surface area contributed by atoms with Gasteiger partial charge in [0.05, 0.1) is 0 Å². The molecule has 0 unspecified atom stereocenters. The number of hydrogen-bond acceptors (Lipinski definition) is 2. The molecule has 1 aromatic carbocycles. The lowest BCUT2D eigenvalue weighted by atomic mass is 10.1. The predicted octanol–water partition coefficient (Wildman–Crippen LogP) is 3.15. The minimum absolute atomic E-state index is 0.117. The van der Waals surface area contributed by atoms with Crippen molar-refractivity contribution in [3.8, 4) is 0 Å². The molecule has 1 aromatic heterocycles. The van der Waals surface area contributed by atoms with Gasteiger partial charge in [-0.15, -0.1) is 0 Å². The fourth-order valence-electron chi connectivity index (χ4n) is 1.97. The van der Waals surface area contributed by atoms with Crippen molar-refractivity contribution in [2.45, 2.75) is 26.3 Å². The molecule has 0 saturated carbocycles. The van der Waals surface area contributed by atoms with Gasteiger partial charge in [0, 0.05) is 16.7 Å². The van der Waals surface area contributed by atoms with Crippen molar-refractivity contribution >= 4 is 21.9 Å². The summed E-state index contributed by atoms with van der Waals surface area (Å²) in [6, 6.07) is 9.73. The Morgan fingerprint density at radius 1 is 1.42 bits per heavy atom. The van der Waals surface area contributed by atoms with Crippen LogP contribution in [0.1, 0.15) is 28.7 Å². The fraction of sp³-hybridized carbons (Fsp3) is 0.286. The summed E-state index contributed by atoms with van der Waals surface area (Å²) in [4.78, 5) is 10.9. The van der Waals surface area contributed by atoms with Gasteiger partial charge in [-0.05, 0) is 36.6 Å². The molecule has 0 fully saturated rings. The summed E-state index contributed by atoms with van der Waals surface area (Å²) in [5.41, 5.74) is 2.27. The number of carbonyl (C=O) groups is 1. The molecule has 0 atom stereocenters. The molecule has 0 aliphatic rings. The predicted molar refractivity (Wildman–Crippen MR) is 76.4 cm³/mol. The van der Waals surface area contributed by atoms with Crippen molar-refractivity contribution in [2.75, 3.05) is 0 Å². The van der Waals surface area contributed by atoms with Crippen LogP contribution in [-0.4, -0.2) is 20.9 Å². The normalized spacial score (nSPS) is 10.6. The molecule has 0 radical (unpaired) electrons. The van der Waals surface area contributed by atoms with E-state index in [1.807, 2.05) is 19.1 Å². The zero-order chi connectivity index (χ0) is 13.8. The van der Waals surface area contributed by atoms with E-state index in [1.165, 1.54) is 5.56 Å². The zero-order valence-corrected chi connectivity index (χ0v) is 12.2. The van der Waals surface area contributed by atoms with Crippen LogP contribution in [-0.2, 0) is 19.4 Å². The molecule has 0 saturated heterocycles. The van der Waals surface area contributed by atoms with Crippen LogP contribution in [0.3, 0.4) is 0 Å². The first-order valence-corrected chi connectivity index (χ1v) is 6.94. The lowest BCUT2D eigenvalue weighted by Crippen LogP contribution is -2.08. The van der Waals surface area contributed by atoms with Crippen LogP contribution in [0.5, 0.6) is 0 Å². The number of carboxylic acids is 1.